The Kier molecular flexibility index (Phi) is 7.87. The van der Waals surface area contributed by atoms with E-state index < -0.39 is 0 Å². The Morgan fingerprint density at radius 3 is 2.44 bits per heavy atom. The van der Waals surface area contributed by atoms with Crippen LogP contribution < -0.4 is 4.74 Å². The Bertz CT molecular complexity index is 1010. The van der Waals surface area contributed by atoms with Crippen molar-refractivity contribution in [1.82, 2.24) is 14.8 Å². The topological polar surface area (TPSA) is 45.7 Å². The largest absolute Gasteiger partial charge is 0.477 e. The number of nitrogens with zero attached hydrogens (tertiary/aromatic N) is 3. The van der Waals surface area contributed by atoms with Gasteiger partial charge in [-0.25, -0.2) is 4.98 Å². The highest BCUT2D eigenvalue weighted by atomic mass is 35.5. The lowest BCUT2D eigenvalue weighted by atomic mass is 9.77. The highest BCUT2D eigenvalue weighted by Crippen LogP contribution is 2.44. The molecule has 2 atom stereocenters. The number of likely N-dealkylation sites (tertiary alicyclic amines) is 2. The molecule has 194 valence electrons. The molecule has 3 aliphatic rings. The molecule has 3 fully saturated rings. The number of piperidine rings is 1. The second kappa shape index (κ2) is 11.1. The van der Waals surface area contributed by atoms with Crippen molar-refractivity contribution < 1.29 is 9.53 Å². The molecular formula is C30H40ClN3O2. The number of carbonyl (C=O) groups excluding carboxylic acids is 1. The lowest BCUT2D eigenvalue weighted by Gasteiger charge is -2.39. The Hall–Kier alpha value is -2.11. The van der Waals surface area contributed by atoms with E-state index in [0.29, 0.717) is 24.9 Å². The molecule has 3 heterocycles. The smallest absolute Gasteiger partial charge is 0.225 e. The standard InChI is InChI=1S/C30H40ClN3O2/c1-22-8-13-28(32-18-22)36-21-30(2)20-34(19-27(30)23-9-11-25(31)12-10-23)29(35)24-14-16-33(17-15-24)26-6-4-3-5-7-26/h8-13,18,24,26-27H,3-7,14-17,19-21H2,1-2H3/t27-,30?/m1/s1. The Morgan fingerprint density at radius 1 is 1.06 bits per heavy atom. The van der Waals surface area contributed by atoms with Crippen LogP contribution in [0, 0.1) is 18.3 Å². The van der Waals surface area contributed by atoms with E-state index in [-0.39, 0.29) is 17.3 Å². The van der Waals surface area contributed by atoms with Crippen LogP contribution in [0.25, 0.3) is 0 Å². The monoisotopic (exact) mass is 509 g/mol. The Balaban J connectivity index is 1.27. The fourth-order valence-corrected chi connectivity index (χ4v) is 6.69. The van der Waals surface area contributed by atoms with Gasteiger partial charge in [-0.1, -0.05) is 56.0 Å². The van der Waals surface area contributed by atoms with E-state index in [1.165, 1.54) is 37.7 Å². The molecule has 36 heavy (non-hydrogen) atoms. The minimum Gasteiger partial charge on any atom is -0.477 e. The summed E-state index contributed by atoms with van der Waals surface area (Å²) in [5.74, 6) is 1.29. The molecule has 1 saturated carbocycles. The second-order valence-corrected chi connectivity index (χ2v) is 12.0. The molecule has 6 heteroatoms. The van der Waals surface area contributed by atoms with Crippen molar-refractivity contribution in [3.63, 3.8) is 0 Å². The quantitative estimate of drug-likeness (QED) is 0.472. The number of rotatable bonds is 6. The average Bonchev–Trinajstić information content (AvgIpc) is 3.26. The molecule has 1 aromatic heterocycles. The van der Waals surface area contributed by atoms with Gasteiger partial charge in [-0.05, 0) is 69.0 Å². The molecule has 0 N–H and O–H groups in total. The Morgan fingerprint density at radius 2 is 1.78 bits per heavy atom. The van der Waals surface area contributed by atoms with Crippen molar-refractivity contribution in [3.05, 3.63) is 58.7 Å². The van der Waals surface area contributed by atoms with Gasteiger partial charge in [-0.2, -0.15) is 0 Å². The summed E-state index contributed by atoms with van der Waals surface area (Å²) >= 11 is 6.19. The molecule has 0 radical (unpaired) electrons. The van der Waals surface area contributed by atoms with Crippen LogP contribution in [-0.2, 0) is 4.79 Å². The van der Waals surface area contributed by atoms with Crippen molar-refractivity contribution in [2.45, 2.75) is 70.8 Å². The predicted octanol–water partition coefficient (Wildman–Crippen LogP) is 6.10. The van der Waals surface area contributed by atoms with Crippen LogP contribution in [0.3, 0.4) is 0 Å². The molecular weight excluding hydrogens is 470 g/mol. The van der Waals surface area contributed by atoms with Crippen molar-refractivity contribution in [2.75, 3.05) is 32.8 Å². The minimum absolute atomic E-state index is 0.137. The molecule has 1 amide bonds. The first kappa shape index (κ1) is 25.5. The van der Waals surface area contributed by atoms with E-state index in [1.54, 1.807) is 0 Å². The first-order valence-corrected chi connectivity index (χ1v) is 14.1. The lowest BCUT2D eigenvalue weighted by molar-refractivity contribution is -0.136. The zero-order valence-corrected chi connectivity index (χ0v) is 22.6. The van der Waals surface area contributed by atoms with Gasteiger partial charge in [0.05, 0.1) is 6.61 Å². The summed E-state index contributed by atoms with van der Waals surface area (Å²) < 4.78 is 6.20. The maximum atomic E-state index is 13.7. The van der Waals surface area contributed by atoms with Gasteiger partial charge in [-0.15, -0.1) is 0 Å². The summed E-state index contributed by atoms with van der Waals surface area (Å²) in [6, 6.07) is 12.8. The van der Waals surface area contributed by atoms with Gasteiger partial charge < -0.3 is 14.5 Å². The normalized spacial score (nSPS) is 26.3. The first-order valence-electron chi connectivity index (χ1n) is 13.7. The molecule has 0 spiro atoms. The van der Waals surface area contributed by atoms with Crippen molar-refractivity contribution in [3.8, 4) is 5.88 Å². The molecule has 2 saturated heterocycles. The molecule has 5 rings (SSSR count). The molecule has 2 aliphatic heterocycles. The number of hydrogen-bond donors (Lipinski definition) is 0. The third-order valence-corrected chi connectivity index (χ3v) is 9.04. The van der Waals surface area contributed by atoms with E-state index >= 15 is 0 Å². The first-order chi connectivity index (χ1) is 17.4. The van der Waals surface area contributed by atoms with Gasteiger partial charge in [0, 0.05) is 53.7 Å². The SMILES string of the molecule is Cc1ccc(OCC2(C)CN(C(=O)C3CCN(C4CCCCC4)CC3)C[C@@H]2c2ccc(Cl)cc2)nc1. The summed E-state index contributed by atoms with van der Waals surface area (Å²) in [6.07, 6.45) is 10.6. The van der Waals surface area contributed by atoms with Gasteiger partial charge in [0.2, 0.25) is 11.8 Å². The fraction of sp³-hybridized carbons (Fsp3) is 0.600. The number of pyridine rings is 1. The third-order valence-electron chi connectivity index (χ3n) is 8.78. The van der Waals surface area contributed by atoms with Crippen LogP contribution in [0.2, 0.25) is 5.02 Å². The van der Waals surface area contributed by atoms with E-state index in [1.807, 2.05) is 37.4 Å². The van der Waals surface area contributed by atoms with Crippen molar-refractivity contribution >= 4 is 17.5 Å². The van der Waals surface area contributed by atoms with E-state index in [2.05, 4.69) is 33.8 Å². The zero-order chi connectivity index (χ0) is 25.1. The van der Waals surface area contributed by atoms with Crippen molar-refractivity contribution in [2.24, 2.45) is 11.3 Å². The van der Waals surface area contributed by atoms with Crippen LogP contribution in [-0.4, -0.2) is 59.5 Å². The van der Waals surface area contributed by atoms with Gasteiger partial charge in [-0.3, -0.25) is 4.79 Å². The average molecular weight is 510 g/mol. The van der Waals surface area contributed by atoms with Crippen LogP contribution >= 0.6 is 11.6 Å². The van der Waals surface area contributed by atoms with Crippen LogP contribution in [0.15, 0.2) is 42.6 Å². The summed E-state index contributed by atoms with van der Waals surface area (Å²) in [4.78, 5) is 23.0. The number of aromatic nitrogens is 1. The molecule has 1 aromatic carbocycles. The molecule has 0 bridgehead atoms. The highest BCUT2D eigenvalue weighted by Gasteiger charge is 2.47. The summed E-state index contributed by atoms with van der Waals surface area (Å²) in [5, 5.41) is 0.733. The highest BCUT2D eigenvalue weighted by molar-refractivity contribution is 6.30. The van der Waals surface area contributed by atoms with Crippen LogP contribution in [0.4, 0.5) is 0 Å². The van der Waals surface area contributed by atoms with E-state index in [9.17, 15) is 4.79 Å². The number of carbonyl (C=O) groups is 1. The Labute approximate surface area is 221 Å². The van der Waals surface area contributed by atoms with Crippen LogP contribution in [0.1, 0.15) is 68.9 Å². The second-order valence-electron chi connectivity index (χ2n) is 11.5. The number of ether oxygens (including phenoxy) is 1. The number of amides is 1. The molecule has 1 unspecified atom stereocenters. The molecule has 1 aliphatic carbocycles. The third kappa shape index (κ3) is 5.73. The fourth-order valence-electron chi connectivity index (χ4n) is 6.56. The lowest BCUT2D eigenvalue weighted by Crippen LogP contribution is -2.46. The number of halogens is 1. The maximum Gasteiger partial charge on any atom is 0.225 e. The molecule has 2 aromatic rings. The maximum absolute atomic E-state index is 13.7. The number of hydrogen-bond acceptors (Lipinski definition) is 4. The zero-order valence-electron chi connectivity index (χ0n) is 21.8. The van der Waals surface area contributed by atoms with E-state index in [4.69, 9.17) is 16.3 Å². The number of benzene rings is 1. The van der Waals surface area contributed by atoms with Gasteiger partial charge in [0.1, 0.15) is 0 Å². The summed E-state index contributed by atoms with van der Waals surface area (Å²) in [7, 11) is 0. The van der Waals surface area contributed by atoms with Gasteiger partial charge in [0.15, 0.2) is 0 Å². The van der Waals surface area contributed by atoms with E-state index in [0.717, 1.165) is 49.1 Å². The minimum atomic E-state index is -0.209. The van der Waals surface area contributed by atoms with Gasteiger partial charge in [0.25, 0.3) is 0 Å². The van der Waals surface area contributed by atoms with Crippen LogP contribution in [0.5, 0.6) is 5.88 Å². The van der Waals surface area contributed by atoms with Gasteiger partial charge >= 0.3 is 0 Å². The molecule has 5 nitrogen and oxygen atoms in total. The number of aryl methyl sites for hydroxylation is 1. The van der Waals surface area contributed by atoms with Crippen molar-refractivity contribution in [1.29, 1.82) is 0 Å². The summed E-state index contributed by atoms with van der Waals surface area (Å²) in [6.45, 7) is 8.34. The predicted molar refractivity (Wildman–Crippen MR) is 145 cm³/mol. The summed E-state index contributed by atoms with van der Waals surface area (Å²) in [5.41, 5.74) is 2.11.